The molecule has 6 aromatic heterocycles. The van der Waals surface area contributed by atoms with E-state index in [2.05, 4.69) is 114 Å². The zero-order chi connectivity index (χ0) is 42.8. The Kier molecular flexibility index (Phi) is 8.25. The largest absolute Gasteiger partial charge is 0.457 e. The van der Waals surface area contributed by atoms with Crippen LogP contribution in [0.4, 0.5) is 0 Å². The normalized spacial score (nSPS) is 11.7. The van der Waals surface area contributed by atoms with Gasteiger partial charge in [-0.15, -0.1) is 20.4 Å². The molecule has 7 aromatic carbocycles. The van der Waals surface area contributed by atoms with Crippen molar-refractivity contribution in [2.75, 3.05) is 0 Å². The SMILES string of the molecule is c1ccc(-c2nnc(-n3c4cc(Oc5ccc6c7ccccc7n(-c7ccccn7)c6c5)ccc4c4ccc(Oc5ccc6c7ccccc7n(-c7ccccn7)c6c5)cc43)nn2)cc1. The molecule has 65 heavy (non-hydrogen) atoms. The lowest BCUT2D eigenvalue weighted by Crippen LogP contribution is -2.06. The monoisotopic (exact) mass is 839 g/mol. The summed E-state index contributed by atoms with van der Waals surface area (Å²) in [5, 5.41) is 24.8. The maximum absolute atomic E-state index is 6.70. The Balaban J connectivity index is 0.929. The molecule has 0 spiro atoms. The average Bonchev–Trinajstić information content (AvgIpc) is 3.99. The number of aromatic nitrogens is 9. The van der Waals surface area contributed by atoms with Gasteiger partial charge in [-0.1, -0.05) is 78.9 Å². The number of para-hydroxylation sites is 2. The first kappa shape index (κ1) is 36.4. The minimum absolute atomic E-state index is 0.307. The first-order valence-corrected chi connectivity index (χ1v) is 21.2. The summed E-state index contributed by atoms with van der Waals surface area (Å²) in [6.07, 6.45) is 3.63. The summed E-state index contributed by atoms with van der Waals surface area (Å²) in [6.45, 7) is 0. The standard InChI is InChI=1S/C54H33N9O2/c1-2-12-34(13-3-1)53-57-59-54(60-58-53)63-49-32-37(64-35-20-24-41-39-14-4-6-16-45(39)61(47(41)30-35)51-18-8-10-28-55-51)22-26-43(49)44-27-23-38(33-50(44)63)65-36-21-25-42-40-15-5-7-17-46(40)62(48(42)31-36)52-19-9-11-29-56-52/h1-33H. The van der Waals surface area contributed by atoms with Crippen molar-refractivity contribution in [1.82, 2.24) is 44.1 Å². The van der Waals surface area contributed by atoms with Crippen molar-refractivity contribution in [3.8, 4) is 52.0 Å². The Hall–Kier alpha value is -9.22. The van der Waals surface area contributed by atoms with Gasteiger partial charge in [0.2, 0.25) is 5.82 Å². The fourth-order valence-corrected chi connectivity index (χ4v) is 9.10. The van der Waals surface area contributed by atoms with E-state index in [0.717, 1.165) is 82.6 Å². The molecule has 13 aromatic rings. The van der Waals surface area contributed by atoms with Gasteiger partial charge in [0.25, 0.3) is 5.95 Å². The number of ether oxygens (including phenoxy) is 2. The molecule has 0 unspecified atom stereocenters. The van der Waals surface area contributed by atoms with Crippen LogP contribution in [0.1, 0.15) is 0 Å². The maximum Gasteiger partial charge on any atom is 0.273 e. The lowest BCUT2D eigenvalue weighted by Gasteiger charge is -2.10. The second kappa shape index (κ2) is 14.7. The van der Waals surface area contributed by atoms with E-state index in [1.54, 1.807) is 0 Å². The molecular formula is C54H33N9O2. The molecule has 13 rings (SSSR count). The lowest BCUT2D eigenvalue weighted by molar-refractivity contribution is 0.484. The predicted molar refractivity (Wildman–Crippen MR) is 255 cm³/mol. The highest BCUT2D eigenvalue weighted by molar-refractivity contribution is 6.11. The van der Waals surface area contributed by atoms with Crippen LogP contribution in [-0.2, 0) is 0 Å². The quantitative estimate of drug-likeness (QED) is 0.149. The smallest absolute Gasteiger partial charge is 0.273 e. The van der Waals surface area contributed by atoms with Gasteiger partial charge < -0.3 is 9.47 Å². The molecule has 0 amide bonds. The molecule has 0 aliphatic rings. The summed E-state index contributed by atoms with van der Waals surface area (Å²) in [5.74, 6) is 5.04. The summed E-state index contributed by atoms with van der Waals surface area (Å²) < 4.78 is 19.7. The third-order valence-corrected chi connectivity index (χ3v) is 11.9. The lowest BCUT2D eigenvalue weighted by atomic mass is 10.1. The van der Waals surface area contributed by atoms with Crippen molar-refractivity contribution in [3.63, 3.8) is 0 Å². The molecule has 0 bridgehead atoms. The van der Waals surface area contributed by atoms with Gasteiger partial charge in [0.1, 0.15) is 34.6 Å². The van der Waals surface area contributed by atoms with Gasteiger partial charge in [-0.3, -0.25) is 13.7 Å². The van der Waals surface area contributed by atoms with E-state index in [-0.39, 0.29) is 0 Å². The van der Waals surface area contributed by atoms with E-state index in [4.69, 9.17) is 19.4 Å². The third kappa shape index (κ3) is 6.05. The van der Waals surface area contributed by atoms with Gasteiger partial charge in [0.05, 0.1) is 33.1 Å². The van der Waals surface area contributed by atoms with Crippen LogP contribution in [0.15, 0.2) is 200 Å². The number of fused-ring (bicyclic) bond motifs is 9. The molecule has 0 aliphatic heterocycles. The number of nitrogens with zero attached hydrogens (tertiary/aromatic N) is 9. The topological polar surface area (TPSA) is 111 Å². The summed E-state index contributed by atoms with van der Waals surface area (Å²) in [7, 11) is 0. The van der Waals surface area contributed by atoms with E-state index in [1.807, 2.05) is 120 Å². The van der Waals surface area contributed by atoms with Crippen molar-refractivity contribution < 1.29 is 9.47 Å². The van der Waals surface area contributed by atoms with Crippen LogP contribution in [0.5, 0.6) is 23.0 Å². The molecule has 0 atom stereocenters. The summed E-state index contributed by atoms with van der Waals surface area (Å²) in [4.78, 5) is 9.40. The van der Waals surface area contributed by atoms with Crippen LogP contribution in [0, 0.1) is 0 Å². The zero-order valence-corrected chi connectivity index (χ0v) is 34.4. The van der Waals surface area contributed by atoms with Crippen LogP contribution in [0.3, 0.4) is 0 Å². The van der Waals surface area contributed by atoms with E-state index >= 15 is 0 Å². The van der Waals surface area contributed by atoms with Gasteiger partial charge in [0, 0.05) is 74.5 Å². The Labute approximate surface area is 370 Å². The number of pyridine rings is 2. The Morgan fingerprint density at radius 2 is 0.692 bits per heavy atom. The molecule has 306 valence electrons. The fraction of sp³-hybridized carbons (Fsp3) is 0. The number of hydrogen-bond donors (Lipinski definition) is 0. The first-order chi connectivity index (χ1) is 32.2. The molecule has 0 fully saturated rings. The Bertz CT molecular complexity index is 3720. The average molecular weight is 840 g/mol. The zero-order valence-electron chi connectivity index (χ0n) is 34.4. The van der Waals surface area contributed by atoms with Crippen molar-refractivity contribution in [3.05, 3.63) is 200 Å². The molecular weight excluding hydrogens is 807 g/mol. The predicted octanol–water partition coefficient (Wildman–Crippen LogP) is 12.6. The summed E-state index contributed by atoms with van der Waals surface area (Å²) in [6, 6.07) is 62.8. The highest BCUT2D eigenvalue weighted by Crippen LogP contribution is 2.40. The van der Waals surface area contributed by atoms with E-state index in [0.29, 0.717) is 34.8 Å². The second-order valence-electron chi connectivity index (χ2n) is 15.7. The van der Waals surface area contributed by atoms with E-state index < -0.39 is 0 Å². The maximum atomic E-state index is 6.70. The number of benzene rings is 7. The van der Waals surface area contributed by atoms with E-state index in [9.17, 15) is 0 Å². The first-order valence-electron chi connectivity index (χ1n) is 21.2. The van der Waals surface area contributed by atoms with Crippen LogP contribution < -0.4 is 9.47 Å². The minimum Gasteiger partial charge on any atom is -0.457 e. The number of rotatable bonds is 8. The van der Waals surface area contributed by atoms with Crippen molar-refractivity contribution >= 4 is 65.4 Å². The highest BCUT2D eigenvalue weighted by atomic mass is 16.5. The minimum atomic E-state index is 0.307. The van der Waals surface area contributed by atoms with Gasteiger partial charge in [-0.25, -0.2) is 9.97 Å². The summed E-state index contributed by atoms with van der Waals surface area (Å²) in [5.41, 5.74) is 6.58. The molecule has 0 saturated carbocycles. The van der Waals surface area contributed by atoms with Crippen molar-refractivity contribution in [2.45, 2.75) is 0 Å². The number of hydrogen-bond acceptors (Lipinski definition) is 8. The van der Waals surface area contributed by atoms with Crippen LogP contribution in [0.2, 0.25) is 0 Å². The van der Waals surface area contributed by atoms with Crippen molar-refractivity contribution in [2.24, 2.45) is 0 Å². The molecule has 11 nitrogen and oxygen atoms in total. The van der Waals surface area contributed by atoms with Crippen LogP contribution in [-0.4, -0.2) is 44.1 Å². The second-order valence-corrected chi connectivity index (χ2v) is 15.7. The molecule has 6 heterocycles. The van der Waals surface area contributed by atoms with E-state index in [1.165, 1.54) is 0 Å². The third-order valence-electron chi connectivity index (χ3n) is 11.9. The summed E-state index contributed by atoms with van der Waals surface area (Å²) >= 11 is 0. The van der Waals surface area contributed by atoms with Gasteiger partial charge >= 0.3 is 0 Å². The fourth-order valence-electron chi connectivity index (χ4n) is 9.10. The molecule has 0 radical (unpaired) electrons. The molecule has 0 saturated heterocycles. The van der Waals surface area contributed by atoms with Gasteiger partial charge in [0.15, 0.2) is 0 Å². The van der Waals surface area contributed by atoms with Crippen molar-refractivity contribution in [1.29, 1.82) is 0 Å². The molecule has 0 aliphatic carbocycles. The Morgan fingerprint density at radius 3 is 1.12 bits per heavy atom. The van der Waals surface area contributed by atoms with Crippen LogP contribution >= 0.6 is 0 Å². The Morgan fingerprint density at radius 1 is 0.308 bits per heavy atom. The molecule has 11 heteroatoms. The van der Waals surface area contributed by atoms with Gasteiger partial charge in [-0.05, 0) is 84.9 Å². The molecule has 0 N–H and O–H groups in total. The van der Waals surface area contributed by atoms with Gasteiger partial charge in [-0.2, -0.15) is 0 Å². The highest BCUT2D eigenvalue weighted by Gasteiger charge is 2.20. The van der Waals surface area contributed by atoms with Crippen LogP contribution in [0.25, 0.3) is 94.4 Å².